The number of unbranched alkanes of at least 4 members (excludes halogenated alkanes) is 2. The van der Waals surface area contributed by atoms with E-state index < -0.39 is 59.8 Å². The van der Waals surface area contributed by atoms with E-state index in [0.29, 0.717) is 50.2 Å². The fourth-order valence-electron chi connectivity index (χ4n) is 4.79. The largest absolute Gasteiger partial charge is 0.480 e. The lowest BCUT2D eigenvalue weighted by molar-refractivity contribution is -0.142. The van der Waals surface area contributed by atoms with Crippen LogP contribution in [-0.4, -0.2) is 106 Å². The number of rotatable bonds is 25. The van der Waals surface area contributed by atoms with Crippen molar-refractivity contribution in [1.82, 2.24) is 36.6 Å². The quantitative estimate of drug-likeness (QED) is 0.0590. The van der Waals surface area contributed by atoms with Crippen LogP contribution in [0.3, 0.4) is 0 Å². The van der Waals surface area contributed by atoms with Gasteiger partial charge in [-0.3, -0.25) is 24.0 Å². The van der Waals surface area contributed by atoms with Crippen molar-refractivity contribution in [3.63, 3.8) is 0 Å². The molecule has 5 amide bonds. The van der Waals surface area contributed by atoms with Gasteiger partial charge in [-0.2, -0.15) is 11.8 Å². The van der Waals surface area contributed by atoms with Gasteiger partial charge in [0.05, 0.1) is 12.4 Å². The van der Waals surface area contributed by atoms with Gasteiger partial charge in [-0.1, -0.05) is 13.8 Å². The average Bonchev–Trinajstić information content (AvgIpc) is 3.53. The number of aromatic nitrogens is 2. The first-order valence-electron chi connectivity index (χ1n) is 16.4. The molecule has 0 aliphatic rings. The van der Waals surface area contributed by atoms with Crippen molar-refractivity contribution in [3.05, 3.63) is 18.2 Å². The summed E-state index contributed by atoms with van der Waals surface area (Å²) in [6.07, 6.45) is 7.94. The van der Waals surface area contributed by atoms with Crippen LogP contribution < -0.4 is 38.1 Å². The van der Waals surface area contributed by atoms with Crippen molar-refractivity contribution in [3.8, 4) is 0 Å². The third-order valence-corrected chi connectivity index (χ3v) is 8.05. The molecule has 48 heavy (non-hydrogen) atoms. The lowest BCUT2D eigenvalue weighted by Crippen LogP contribution is -2.58. The van der Waals surface area contributed by atoms with E-state index in [-0.39, 0.29) is 43.9 Å². The van der Waals surface area contributed by atoms with Crippen LogP contribution in [0.1, 0.15) is 77.8 Å². The maximum atomic E-state index is 13.7. The summed E-state index contributed by atoms with van der Waals surface area (Å²) in [7, 11) is 0. The standard InChI is InChI=1S/C31H55N9O7S/c1-19(2)15-26(30(45)39-25(31(46)47)11-14-48-4)40-29(44)24(10-6-8-13-35-20(3)41)38-28(43)23(9-5-7-12-32)37-27(42)22(33)16-21-17-34-18-36-21/h17-19,22-26H,5-16,32-33H2,1-4H3,(H,34,36)(H,35,41)(H,37,42)(H,38,43)(H,39,45)(H,40,44)(H,46,47)/t22-,23-,24-,25-,26-/m0/s1. The SMILES string of the molecule is CSCC[C@H](NC(=O)[C@H](CC(C)C)NC(=O)[C@H](CCCCNC(C)=O)NC(=O)[C@H](CCCCN)NC(=O)[C@@H](N)Cc1cnc[nH]1)C(=O)O. The van der Waals surface area contributed by atoms with Gasteiger partial charge in [-0.15, -0.1) is 0 Å². The molecule has 0 unspecified atom stereocenters. The van der Waals surface area contributed by atoms with E-state index in [1.54, 1.807) is 6.20 Å². The number of H-pyrrole nitrogens is 1. The summed E-state index contributed by atoms with van der Waals surface area (Å²) < 4.78 is 0. The van der Waals surface area contributed by atoms with Crippen LogP contribution in [0.5, 0.6) is 0 Å². The van der Waals surface area contributed by atoms with Gasteiger partial charge in [0.1, 0.15) is 24.2 Å². The Morgan fingerprint density at radius 2 is 1.42 bits per heavy atom. The molecule has 5 atom stereocenters. The Morgan fingerprint density at radius 1 is 0.854 bits per heavy atom. The molecule has 1 rings (SSSR count). The maximum Gasteiger partial charge on any atom is 0.326 e. The molecule has 0 aliphatic heterocycles. The number of hydrogen-bond donors (Lipinski definition) is 9. The number of carbonyl (C=O) groups is 6. The van der Waals surface area contributed by atoms with Crippen LogP contribution in [0.15, 0.2) is 12.5 Å². The van der Waals surface area contributed by atoms with Gasteiger partial charge in [0, 0.05) is 31.8 Å². The molecule has 16 nitrogen and oxygen atoms in total. The first kappa shape index (κ1) is 42.3. The van der Waals surface area contributed by atoms with Crippen molar-refractivity contribution in [1.29, 1.82) is 0 Å². The van der Waals surface area contributed by atoms with Gasteiger partial charge in [-0.05, 0) is 75.8 Å². The van der Waals surface area contributed by atoms with Crippen LogP contribution in [-0.2, 0) is 35.2 Å². The molecular weight excluding hydrogens is 642 g/mol. The zero-order valence-corrected chi connectivity index (χ0v) is 29.3. The summed E-state index contributed by atoms with van der Waals surface area (Å²) >= 11 is 1.45. The number of aliphatic carboxylic acids is 1. The zero-order chi connectivity index (χ0) is 36.1. The normalized spacial score (nSPS) is 14.2. The summed E-state index contributed by atoms with van der Waals surface area (Å²) in [6.45, 7) is 5.88. The second-order valence-electron chi connectivity index (χ2n) is 12.1. The molecule has 1 aromatic heterocycles. The number of nitrogens with zero attached hydrogens (tertiary/aromatic N) is 1. The number of carboxylic acids is 1. The zero-order valence-electron chi connectivity index (χ0n) is 28.5. The lowest BCUT2D eigenvalue weighted by atomic mass is 10.0. The number of amides is 5. The number of carboxylic acid groups (broad SMARTS) is 1. The highest BCUT2D eigenvalue weighted by atomic mass is 32.2. The Morgan fingerprint density at radius 3 is 1.94 bits per heavy atom. The Kier molecular flexibility index (Phi) is 20.8. The minimum Gasteiger partial charge on any atom is -0.480 e. The summed E-state index contributed by atoms with van der Waals surface area (Å²) in [6, 6.07) is -5.28. The van der Waals surface area contributed by atoms with E-state index >= 15 is 0 Å². The smallest absolute Gasteiger partial charge is 0.326 e. The van der Waals surface area contributed by atoms with Gasteiger partial charge in [0.15, 0.2) is 0 Å². The second-order valence-corrected chi connectivity index (χ2v) is 13.1. The molecule has 0 radical (unpaired) electrons. The molecule has 17 heteroatoms. The number of nitrogens with one attached hydrogen (secondary N) is 6. The number of carbonyl (C=O) groups excluding carboxylic acids is 5. The first-order chi connectivity index (χ1) is 22.8. The topological polar surface area (TPSA) is 264 Å². The fraction of sp³-hybridized carbons (Fsp3) is 0.710. The van der Waals surface area contributed by atoms with E-state index in [2.05, 4.69) is 36.6 Å². The Balaban J connectivity index is 3.17. The number of imidazole rings is 1. The van der Waals surface area contributed by atoms with Gasteiger partial charge < -0.3 is 48.1 Å². The Labute approximate surface area is 286 Å². The van der Waals surface area contributed by atoms with E-state index in [1.165, 1.54) is 25.0 Å². The average molecular weight is 698 g/mol. The predicted octanol–water partition coefficient (Wildman–Crippen LogP) is -0.462. The molecule has 0 aromatic carbocycles. The van der Waals surface area contributed by atoms with Crippen LogP contribution >= 0.6 is 11.8 Å². The Hall–Kier alpha value is -3.70. The van der Waals surface area contributed by atoms with E-state index in [1.807, 2.05) is 20.1 Å². The van der Waals surface area contributed by atoms with Gasteiger partial charge in [0.2, 0.25) is 29.5 Å². The molecule has 0 fully saturated rings. The fourth-order valence-corrected chi connectivity index (χ4v) is 5.26. The third-order valence-electron chi connectivity index (χ3n) is 7.40. The van der Waals surface area contributed by atoms with Crippen LogP contribution in [0.4, 0.5) is 0 Å². The highest BCUT2D eigenvalue weighted by Gasteiger charge is 2.32. The van der Waals surface area contributed by atoms with Crippen molar-refractivity contribution in [2.75, 3.05) is 25.1 Å². The lowest BCUT2D eigenvalue weighted by Gasteiger charge is -2.27. The second kappa shape index (κ2) is 23.6. The summed E-state index contributed by atoms with van der Waals surface area (Å²) in [5, 5.41) is 23.0. The molecule has 0 bridgehead atoms. The number of aromatic amines is 1. The molecule has 0 saturated heterocycles. The van der Waals surface area contributed by atoms with E-state index in [0.717, 1.165) is 0 Å². The Bertz CT molecular complexity index is 1150. The minimum atomic E-state index is -1.18. The van der Waals surface area contributed by atoms with Gasteiger partial charge in [0.25, 0.3) is 0 Å². The molecule has 272 valence electrons. The van der Waals surface area contributed by atoms with Gasteiger partial charge in [-0.25, -0.2) is 9.78 Å². The predicted molar refractivity (Wildman–Crippen MR) is 184 cm³/mol. The molecule has 1 aromatic rings. The van der Waals surface area contributed by atoms with Crippen molar-refractivity contribution in [2.45, 2.75) is 109 Å². The maximum absolute atomic E-state index is 13.7. The van der Waals surface area contributed by atoms with Gasteiger partial charge >= 0.3 is 5.97 Å². The molecule has 1 heterocycles. The highest BCUT2D eigenvalue weighted by Crippen LogP contribution is 2.11. The molecule has 0 spiro atoms. The monoisotopic (exact) mass is 697 g/mol. The van der Waals surface area contributed by atoms with Crippen molar-refractivity contribution < 1.29 is 33.9 Å². The molecule has 0 aliphatic carbocycles. The minimum absolute atomic E-state index is 0.0330. The van der Waals surface area contributed by atoms with Crippen molar-refractivity contribution in [2.24, 2.45) is 17.4 Å². The summed E-state index contributed by atoms with van der Waals surface area (Å²) in [5.41, 5.74) is 12.4. The van der Waals surface area contributed by atoms with E-state index in [4.69, 9.17) is 11.5 Å². The number of thioether (sulfide) groups is 1. The van der Waals surface area contributed by atoms with Crippen LogP contribution in [0.25, 0.3) is 0 Å². The van der Waals surface area contributed by atoms with E-state index in [9.17, 15) is 33.9 Å². The summed E-state index contributed by atoms with van der Waals surface area (Å²) in [4.78, 5) is 83.4. The number of nitrogens with two attached hydrogens (primary N) is 2. The van der Waals surface area contributed by atoms with Crippen LogP contribution in [0.2, 0.25) is 0 Å². The summed E-state index contributed by atoms with van der Waals surface area (Å²) in [5.74, 6) is -3.33. The third kappa shape index (κ3) is 17.5. The van der Waals surface area contributed by atoms with Crippen LogP contribution in [0, 0.1) is 5.92 Å². The molecule has 0 saturated carbocycles. The van der Waals surface area contributed by atoms with Crippen molar-refractivity contribution >= 4 is 47.3 Å². The number of hydrogen-bond acceptors (Lipinski definition) is 10. The highest BCUT2D eigenvalue weighted by molar-refractivity contribution is 7.98. The molecule has 11 N–H and O–H groups in total. The molecular formula is C31H55N9O7S. The first-order valence-corrected chi connectivity index (χ1v) is 17.8.